The number of nitrogens with two attached hydrogens (primary N) is 1. The Morgan fingerprint density at radius 1 is 1.25 bits per heavy atom. The van der Waals surface area contributed by atoms with E-state index in [0.717, 1.165) is 0 Å². The maximum absolute atomic E-state index is 6.59. The van der Waals surface area contributed by atoms with Crippen LogP contribution in [0.4, 0.5) is 0 Å². The largest absolute Gasteiger partial charge is 0.323 e. The molecule has 20 heavy (non-hydrogen) atoms. The molecular weight excluding hydrogens is 244 g/mol. The van der Waals surface area contributed by atoms with Crippen molar-refractivity contribution in [3.8, 4) is 0 Å². The van der Waals surface area contributed by atoms with Crippen molar-refractivity contribution >= 4 is 0 Å². The third kappa shape index (κ3) is 3.42. The summed E-state index contributed by atoms with van der Waals surface area (Å²) in [7, 11) is 0. The highest BCUT2D eigenvalue weighted by atomic mass is 15.2. The molecule has 2 unspecified atom stereocenters. The number of nitrogens with zero attached hydrogens (tertiary/aromatic N) is 1. The van der Waals surface area contributed by atoms with Crippen LogP contribution in [0.3, 0.4) is 0 Å². The van der Waals surface area contributed by atoms with Crippen LogP contribution in [0.2, 0.25) is 0 Å². The quantitative estimate of drug-likeness (QED) is 0.797. The Balaban J connectivity index is 2.10. The van der Waals surface area contributed by atoms with E-state index in [0.29, 0.717) is 12.1 Å². The fraction of sp³-hybridized carbons (Fsp3) is 0.667. The summed E-state index contributed by atoms with van der Waals surface area (Å²) in [6.45, 7) is 8.06. The van der Waals surface area contributed by atoms with E-state index >= 15 is 0 Å². The standard InChI is InChI=1S/C18H30N2/c1-4-5-8-13-20(14(2)3)17-12-11-15-9-6-7-10-16(15)18(17)19/h6-7,9-10,14,17-18H,4-5,8,11-13,19H2,1-3H3. The van der Waals surface area contributed by atoms with Crippen LogP contribution >= 0.6 is 0 Å². The molecule has 1 aliphatic rings. The second kappa shape index (κ2) is 7.24. The molecule has 2 heteroatoms. The van der Waals surface area contributed by atoms with E-state index in [1.165, 1.54) is 49.8 Å². The lowest BCUT2D eigenvalue weighted by molar-refractivity contribution is 0.116. The molecule has 112 valence electrons. The van der Waals surface area contributed by atoms with Crippen molar-refractivity contribution in [2.75, 3.05) is 6.54 Å². The molecule has 0 radical (unpaired) electrons. The summed E-state index contributed by atoms with van der Waals surface area (Å²) in [5.74, 6) is 0. The van der Waals surface area contributed by atoms with E-state index in [1.807, 2.05) is 0 Å². The zero-order valence-corrected chi connectivity index (χ0v) is 13.3. The van der Waals surface area contributed by atoms with Gasteiger partial charge in [-0.05, 0) is 50.8 Å². The lowest BCUT2D eigenvalue weighted by atomic mass is 9.83. The maximum Gasteiger partial charge on any atom is 0.0456 e. The number of hydrogen-bond acceptors (Lipinski definition) is 2. The van der Waals surface area contributed by atoms with Crippen LogP contribution < -0.4 is 5.73 Å². The minimum atomic E-state index is 0.170. The first-order valence-electron chi connectivity index (χ1n) is 8.24. The third-order valence-electron chi connectivity index (χ3n) is 4.65. The van der Waals surface area contributed by atoms with E-state index in [-0.39, 0.29) is 6.04 Å². The van der Waals surface area contributed by atoms with E-state index in [2.05, 4.69) is 49.9 Å². The molecule has 0 fully saturated rings. The third-order valence-corrected chi connectivity index (χ3v) is 4.65. The minimum absolute atomic E-state index is 0.170. The average Bonchev–Trinajstić information content (AvgIpc) is 2.45. The zero-order chi connectivity index (χ0) is 14.5. The fourth-order valence-electron chi connectivity index (χ4n) is 3.50. The Morgan fingerprint density at radius 3 is 2.70 bits per heavy atom. The molecule has 2 rings (SSSR count). The Bertz CT molecular complexity index is 414. The molecule has 2 nitrogen and oxygen atoms in total. The van der Waals surface area contributed by atoms with E-state index in [1.54, 1.807) is 0 Å². The number of aryl methyl sites for hydroxylation is 1. The summed E-state index contributed by atoms with van der Waals surface area (Å²) >= 11 is 0. The van der Waals surface area contributed by atoms with Gasteiger partial charge in [-0.3, -0.25) is 4.90 Å². The van der Waals surface area contributed by atoms with Crippen molar-refractivity contribution in [3.63, 3.8) is 0 Å². The summed E-state index contributed by atoms with van der Waals surface area (Å²) in [5, 5.41) is 0. The van der Waals surface area contributed by atoms with Gasteiger partial charge in [0.15, 0.2) is 0 Å². The summed E-state index contributed by atoms with van der Waals surface area (Å²) in [6.07, 6.45) is 6.26. The molecule has 0 aromatic heterocycles. The SMILES string of the molecule is CCCCCN(C(C)C)C1CCc2ccccc2C1N. The monoisotopic (exact) mass is 274 g/mol. The number of fused-ring (bicyclic) bond motifs is 1. The Hall–Kier alpha value is -0.860. The van der Waals surface area contributed by atoms with Crippen LogP contribution in [0, 0.1) is 0 Å². The van der Waals surface area contributed by atoms with Crippen LogP contribution in [-0.2, 0) is 6.42 Å². The topological polar surface area (TPSA) is 29.3 Å². The molecule has 0 amide bonds. The fourth-order valence-corrected chi connectivity index (χ4v) is 3.50. The number of rotatable bonds is 6. The highest BCUT2D eigenvalue weighted by molar-refractivity contribution is 5.33. The molecule has 2 N–H and O–H groups in total. The predicted octanol–water partition coefficient (Wildman–Crippen LogP) is 3.90. The average molecular weight is 274 g/mol. The highest BCUT2D eigenvalue weighted by Crippen LogP contribution is 2.32. The van der Waals surface area contributed by atoms with Gasteiger partial charge in [-0.1, -0.05) is 44.0 Å². The first-order valence-corrected chi connectivity index (χ1v) is 8.24. The van der Waals surface area contributed by atoms with Crippen LogP contribution in [0.5, 0.6) is 0 Å². The number of hydrogen-bond donors (Lipinski definition) is 1. The second-order valence-electron chi connectivity index (χ2n) is 6.37. The van der Waals surface area contributed by atoms with Crippen molar-refractivity contribution in [3.05, 3.63) is 35.4 Å². The lowest BCUT2D eigenvalue weighted by Crippen LogP contribution is -2.48. The van der Waals surface area contributed by atoms with Gasteiger partial charge in [0.2, 0.25) is 0 Å². The first kappa shape index (κ1) is 15.5. The van der Waals surface area contributed by atoms with Crippen molar-refractivity contribution in [1.29, 1.82) is 0 Å². The Labute approximate surface area is 124 Å². The lowest BCUT2D eigenvalue weighted by Gasteiger charge is -2.41. The maximum atomic E-state index is 6.59. The van der Waals surface area contributed by atoms with Gasteiger partial charge in [-0.15, -0.1) is 0 Å². The van der Waals surface area contributed by atoms with Gasteiger partial charge in [0.25, 0.3) is 0 Å². The van der Waals surface area contributed by atoms with E-state index in [4.69, 9.17) is 5.73 Å². The second-order valence-corrected chi connectivity index (χ2v) is 6.37. The molecule has 0 saturated heterocycles. The normalized spacial score (nSPS) is 22.3. The van der Waals surface area contributed by atoms with Crippen molar-refractivity contribution < 1.29 is 0 Å². The van der Waals surface area contributed by atoms with Gasteiger partial charge < -0.3 is 5.73 Å². The van der Waals surface area contributed by atoms with Crippen molar-refractivity contribution in [1.82, 2.24) is 4.90 Å². The van der Waals surface area contributed by atoms with Gasteiger partial charge in [0.1, 0.15) is 0 Å². The van der Waals surface area contributed by atoms with Gasteiger partial charge in [-0.25, -0.2) is 0 Å². The molecule has 2 atom stereocenters. The predicted molar refractivity (Wildman–Crippen MR) is 86.8 cm³/mol. The number of unbranched alkanes of at least 4 members (excludes halogenated alkanes) is 2. The van der Waals surface area contributed by atoms with Crippen molar-refractivity contribution in [2.45, 2.75) is 71.0 Å². The summed E-state index contributed by atoms with van der Waals surface area (Å²) in [6, 6.07) is 9.96. The molecule has 1 aromatic carbocycles. The first-order chi connectivity index (χ1) is 9.65. The molecule has 1 aliphatic carbocycles. The van der Waals surface area contributed by atoms with Crippen LogP contribution in [-0.4, -0.2) is 23.5 Å². The van der Waals surface area contributed by atoms with Crippen LogP contribution in [0.1, 0.15) is 63.6 Å². The van der Waals surface area contributed by atoms with E-state index in [9.17, 15) is 0 Å². The molecule has 1 aromatic rings. The molecule has 0 saturated carbocycles. The van der Waals surface area contributed by atoms with Crippen LogP contribution in [0.15, 0.2) is 24.3 Å². The number of benzene rings is 1. The molecule has 0 spiro atoms. The van der Waals surface area contributed by atoms with Gasteiger partial charge >= 0.3 is 0 Å². The van der Waals surface area contributed by atoms with E-state index < -0.39 is 0 Å². The smallest absolute Gasteiger partial charge is 0.0456 e. The highest BCUT2D eigenvalue weighted by Gasteiger charge is 2.31. The van der Waals surface area contributed by atoms with Gasteiger partial charge in [-0.2, -0.15) is 0 Å². The van der Waals surface area contributed by atoms with Crippen molar-refractivity contribution in [2.24, 2.45) is 5.73 Å². The molecule has 0 aliphatic heterocycles. The zero-order valence-electron chi connectivity index (χ0n) is 13.3. The van der Waals surface area contributed by atoms with Gasteiger partial charge in [0, 0.05) is 18.1 Å². The molecule has 0 bridgehead atoms. The Kier molecular flexibility index (Phi) is 5.62. The molecular formula is C18H30N2. The summed E-state index contributed by atoms with van der Waals surface area (Å²) in [5.41, 5.74) is 9.41. The summed E-state index contributed by atoms with van der Waals surface area (Å²) in [4.78, 5) is 2.64. The van der Waals surface area contributed by atoms with Gasteiger partial charge in [0.05, 0.1) is 0 Å². The summed E-state index contributed by atoms with van der Waals surface area (Å²) < 4.78 is 0. The Morgan fingerprint density at radius 2 is 2.00 bits per heavy atom. The van der Waals surface area contributed by atoms with Crippen LogP contribution in [0.25, 0.3) is 0 Å². The minimum Gasteiger partial charge on any atom is -0.323 e. The molecule has 0 heterocycles.